The van der Waals surface area contributed by atoms with Crippen LogP contribution in [-0.4, -0.2) is 37.0 Å². The van der Waals surface area contributed by atoms with E-state index in [1.807, 2.05) is 43.3 Å². The Balaban J connectivity index is 0.00000169. The molecule has 2 heterocycles. The van der Waals surface area contributed by atoms with Gasteiger partial charge in [-0.3, -0.25) is 0 Å². The summed E-state index contributed by atoms with van der Waals surface area (Å²) >= 11 is 0. The topological polar surface area (TPSA) is 89.8 Å². The third kappa shape index (κ3) is 2.88. The van der Waals surface area contributed by atoms with Crippen molar-refractivity contribution in [2.45, 2.75) is 37.8 Å². The van der Waals surface area contributed by atoms with E-state index >= 15 is 0 Å². The Morgan fingerprint density at radius 3 is 2.67 bits per heavy atom. The largest absolute Gasteiger partial charge is 0.391 e. The smallest absolute Gasteiger partial charge is 0.156 e. The normalized spacial score (nSPS) is 23.4. The number of aliphatic hydroxyl groups is 1. The Labute approximate surface area is 146 Å². The molecular weight excluding hydrogens is 326 g/mol. The first-order valence-corrected chi connectivity index (χ1v) is 7.85. The molecule has 4 rings (SSSR count). The maximum absolute atomic E-state index is 9.94. The lowest BCUT2D eigenvalue weighted by Gasteiger charge is -2.11. The molecule has 3 atom stereocenters. The fourth-order valence-corrected chi connectivity index (χ4v) is 3.30. The first-order valence-electron chi connectivity index (χ1n) is 7.85. The van der Waals surface area contributed by atoms with Gasteiger partial charge >= 0.3 is 0 Å². The number of hydrogen-bond acceptors (Lipinski definition) is 5. The van der Waals surface area contributed by atoms with Crippen molar-refractivity contribution in [2.75, 3.05) is 0 Å². The van der Waals surface area contributed by atoms with Crippen molar-refractivity contribution in [1.82, 2.24) is 19.7 Å². The maximum atomic E-state index is 9.94. The average molecular weight is 346 g/mol. The van der Waals surface area contributed by atoms with E-state index < -0.39 is 6.10 Å². The summed E-state index contributed by atoms with van der Waals surface area (Å²) in [6.45, 7) is 1.87. The monoisotopic (exact) mass is 345 g/mol. The highest BCUT2D eigenvalue weighted by atomic mass is 35.5. The first kappa shape index (κ1) is 16.8. The molecule has 1 fully saturated rings. The van der Waals surface area contributed by atoms with E-state index in [9.17, 15) is 5.11 Å². The SMILES string of the molecule is Cc1nc([C@H]2C[C@@H](N)[C@H](O)C2)n(-c2ccc3ccccc3n2)n1.Cl. The number of halogens is 1. The lowest BCUT2D eigenvalue weighted by molar-refractivity contribution is 0.163. The van der Waals surface area contributed by atoms with Crippen LogP contribution in [0.1, 0.15) is 30.4 Å². The van der Waals surface area contributed by atoms with Crippen molar-refractivity contribution >= 4 is 23.3 Å². The fourth-order valence-electron chi connectivity index (χ4n) is 3.30. The molecule has 0 radical (unpaired) electrons. The number of para-hydroxylation sites is 1. The van der Waals surface area contributed by atoms with Crippen LogP contribution in [0.2, 0.25) is 0 Å². The van der Waals surface area contributed by atoms with Gasteiger partial charge in [0.2, 0.25) is 0 Å². The van der Waals surface area contributed by atoms with Gasteiger partial charge in [-0.25, -0.2) is 9.97 Å². The average Bonchev–Trinajstić information content (AvgIpc) is 3.10. The van der Waals surface area contributed by atoms with Crippen LogP contribution >= 0.6 is 12.4 Å². The zero-order valence-electron chi connectivity index (χ0n) is 13.3. The number of benzene rings is 1. The number of nitrogens with zero attached hydrogens (tertiary/aromatic N) is 4. The third-order valence-corrected chi connectivity index (χ3v) is 4.48. The highest BCUT2D eigenvalue weighted by Gasteiger charge is 2.34. The molecule has 0 bridgehead atoms. The molecule has 24 heavy (non-hydrogen) atoms. The van der Waals surface area contributed by atoms with Crippen LogP contribution in [0, 0.1) is 6.92 Å². The van der Waals surface area contributed by atoms with Gasteiger partial charge in [0.1, 0.15) is 11.6 Å². The van der Waals surface area contributed by atoms with Crippen molar-refractivity contribution in [3.05, 3.63) is 48.0 Å². The Hall–Kier alpha value is -2.02. The number of fused-ring (bicyclic) bond motifs is 1. The highest BCUT2D eigenvalue weighted by molar-refractivity contribution is 5.85. The zero-order chi connectivity index (χ0) is 16.0. The van der Waals surface area contributed by atoms with Crippen LogP contribution in [0.5, 0.6) is 0 Å². The quantitative estimate of drug-likeness (QED) is 0.742. The van der Waals surface area contributed by atoms with Gasteiger partial charge in [0.05, 0.1) is 11.6 Å². The van der Waals surface area contributed by atoms with Crippen LogP contribution < -0.4 is 5.73 Å². The lowest BCUT2D eigenvalue weighted by Crippen LogP contribution is -2.28. The van der Waals surface area contributed by atoms with E-state index in [-0.39, 0.29) is 24.4 Å². The summed E-state index contributed by atoms with van der Waals surface area (Å²) in [4.78, 5) is 9.26. The van der Waals surface area contributed by atoms with Gasteiger partial charge in [-0.15, -0.1) is 17.5 Å². The molecule has 1 aromatic carbocycles. The van der Waals surface area contributed by atoms with Gasteiger partial charge in [0, 0.05) is 17.3 Å². The minimum Gasteiger partial charge on any atom is -0.391 e. The molecule has 3 N–H and O–H groups in total. The molecule has 0 amide bonds. The highest BCUT2D eigenvalue weighted by Crippen LogP contribution is 2.33. The minimum atomic E-state index is -0.477. The first-order chi connectivity index (χ1) is 11.1. The van der Waals surface area contributed by atoms with Gasteiger partial charge in [0.25, 0.3) is 0 Å². The van der Waals surface area contributed by atoms with Crippen LogP contribution in [-0.2, 0) is 0 Å². The summed E-state index contributed by atoms with van der Waals surface area (Å²) in [7, 11) is 0. The van der Waals surface area contributed by atoms with E-state index in [4.69, 9.17) is 10.7 Å². The predicted octanol–water partition coefficient (Wildman–Crippen LogP) is 2.11. The van der Waals surface area contributed by atoms with E-state index in [0.717, 1.165) is 22.5 Å². The molecule has 126 valence electrons. The molecule has 1 aliphatic carbocycles. The molecule has 6 nitrogen and oxygen atoms in total. The Morgan fingerprint density at radius 2 is 1.92 bits per heavy atom. The molecule has 1 aliphatic rings. The maximum Gasteiger partial charge on any atom is 0.156 e. The van der Waals surface area contributed by atoms with Gasteiger partial charge in [0.15, 0.2) is 5.82 Å². The van der Waals surface area contributed by atoms with E-state index in [1.165, 1.54) is 0 Å². The van der Waals surface area contributed by atoms with Crippen molar-refractivity contribution in [2.24, 2.45) is 5.73 Å². The van der Waals surface area contributed by atoms with E-state index in [0.29, 0.717) is 18.7 Å². The van der Waals surface area contributed by atoms with E-state index in [2.05, 4.69) is 10.1 Å². The van der Waals surface area contributed by atoms with Crippen molar-refractivity contribution in [3.63, 3.8) is 0 Å². The number of rotatable bonds is 2. The summed E-state index contributed by atoms with van der Waals surface area (Å²) < 4.78 is 1.79. The van der Waals surface area contributed by atoms with Crippen LogP contribution in [0.25, 0.3) is 16.7 Å². The molecule has 7 heteroatoms. The molecule has 0 unspecified atom stereocenters. The number of aromatic nitrogens is 4. The molecule has 2 aromatic heterocycles. The van der Waals surface area contributed by atoms with Crippen LogP contribution in [0.3, 0.4) is 0 Å². The van der Waals surface area contributed by atoms with Crippen LogP contribution in [0.15, 0.2) is 36.4 Å². The van der Waals surface area contributed by atoms with Gasteiger partial charge in [-0.05, 0) is 38.0 Å². The number of hydrogen-bond donors (Lipinski definition) is 2. The number of aliphatic hydroxyl groups excluding tert-OH is 1. The molecule has 0 spiro atoms. The summed E-state index contributed by atoms with van der Waals surface area (Å²) in [6.07, 6.45) is 0.856. The van der Waals surface area contributed by atoms with Gasteiger partial charge in [-0.2, -0.15) is 4.68 Å². The van der Waals surface area contributed by atoms with Crippen molar-refractivity contribution in [1.29, 1.82) is 0 Å². The molecule has 0 saturated heterocycles. The Morgan fingerprint density at radius 1 is 1.12 bits per heavy atom. The van der Waals surface area contributed by atoms with Crippen molar-refractivity contribution in [3.8, 4) is 5.82 Å². The molecule has 0 aliphatic heterocycles. The lowest BCUT2D eigenvalue weighted by atomic mass is 10.1. The molecular formula is C17H20ClN5O. The van der Waals surface area contributed by atoms with E-state index in [1.54, 1.807) is 4.68 Å². The van der Waals surface area contributed by atoms with Crippen LogP contribution in [0.4, 0.5) is 0 Å². The zero-order valence-corrected chi connectivity index (χ0v) is 14.1. The van der Waals surface area contributed by atoms with Gasteiger partial charge in [-0.1, -0.05) is 18.2 Å². The third-order valence-electron chi connectivity index (χ3n) is 4.48. The fraction of sp³-hybridized carbons (Fsp3) is 0.353. The summed E-state index contributed by atoms with van der Waals surface area (Å²) in [5, 5.41) is 15.5. The van der Waals surface area contributed by atoms with Gasteiger partial charge < -0.3 is 10.8 Å². The molecule has 1 saturated carbocycles. The molecule has 3 aromatic rings. The second kappa shape index (κ2) is 6.47. The number of aryl methyl sites for hydroxylation is 1. The summed E-state index contributed by atoms with van der Waals surface area (Å²) in [6, 6.07) is 11.8. The number of nitrogens with two attached hydrogens (primary N) is 1. The summed E-state index contributed by atoms with van der Waals surface area (Å²) in [5.74, 6) is 2.38. The standard InChI is InChI=1S/C17H19N5O.ClH/c1-10-19-17(12-8-13(18)15(23)9-12)22(21-10)16-7-6-11-4-2-3-5-14(11)20-16;/h2-7,12-13,15,23H,8-9,18H2,1H3;1H/t12-,13+,15+;/m0./s1. The minimum absolute atomic E-state index is 0. The van der Waals surface area contributed by atoms with Crippen molar-refractivity contribution < 1.29 is 5.11 Å². The predicted molar refractivity (Wildman–Crippen MR) is 94.6 cm³/mol. The Bertz CT molecular complexity index is 855. The summed E-state index contributed by atoms with van der Waals surface area (Å²) in [5.41, 5.74) is 6.88. The number of pyridine rings is 1. The second-order valence-electron chi connectivity index (χ2n) is 6.19. The Kier molecular flexibility index (Phi) is 4.54. The second-order valence-corrected chi connectivity index (χ2v) is 6.19.